The molecule has 0 saturated carbocycles. The first-order valence-electron chi connectivity index (χ1n) is 11.9. The number of nitrogens with zero attached hydrogens (tertiary/aromatic N) is 3. The fourth-order valence-corrected chi connectivity index (χ4v) is 5.02. The standard InChI is InChI=1S/C26H33F2N3O2/c1-2-25(32)31(22-6-4-3-5-7-22)20-26(10-16-33-17-11-26)30-14-12-29(13-15-30)19-21-8-9-23(27)24(28)18-21/h3-9,18H,2,10-17,19-20H2,1H3. The molecule has 1 amide bonds. The lowest BCUT2D eigenvalue weighted by molar-refractivity contribution is -0.119. The number of para-hydroxylation sites is 1. The van der Waals surface area contributed by atoms with Gasteiger partial charge >= 0.3 is 0 Å². The molecular formula is C26H33F2N3O2. The molecule has 0 N–H and O–H groups in total. The average Bonchev–Trinajstić information content (AvgIpc) is 2.86. The van der Waals surface area contributed by atoms with Crippen LogP contribution in [0.2, 0.25) is 0 Å². The first-order chi connectivity index (χ1) is 16.0. The number of hydrogen-bond donors (Lipinski definition) is 0. The summed E-state index contributed by atoms with van der Waals surface area (Å²) in [5.74, 6) is -1.48. The molecule has 2 saturated heterocycles. The van der Waals surface area contributed by atoms with Crippen molar-refractivity contribution in [2.45, 2.75) is 38.3 Å². The minimum atomic E-state index is -0.811. The third kappa shape index (κ3) is 5.60. The van der Waals surface area contributed by atoms with Gasteiger partial charge in [-0.05, 0) is 42.7 Å². The molecule has 4 rings (SSSR count). The van der Waals surface area contributed by atoms with Crippen LogP contribution in [0, 0.1) is 11.6 Å². The monoisotopic (exact) mass is 457 g/mol. The van der Waals surface area contributed by atoms with E-state index in [9.17, 15) is 13.6 Å². The number of carbonyl (C=O) groups excluding carboxylic acids is 1. The molecule has 0 spiro atoms. The summed E-state index contributed by atoms with van der Waals surface area (Å²) in [7, 11) is 0. The zero-order chi connectivity index (χ0) is 23.3. The number of halogens is 2. The Hall–Kier alpha value is -2.35. The molecule has 0 aromatic heterocycles. The second kappa shape index (κ2) is 10.7. The van der Waals surface area contributed by atoms with Gasteiger partial charge in [0.15, 0.2) is 11.6 Å². The third-order valence-electron chi connectivity index (χ3n) is 6.98. The SMILES string of the molecule is CCC(=O)N(CC1(N2CCN(Cc3ccc(F)c(F)c3)CC2)CCOCC1)c1ccccc1. The van der Waals surface area contributed by atoms with Gasteiger partial charge in [0.25, 0.3) is 0 Å². The van der Waals surface area contributed by atoms with Crippen molar-refractivity contribution >= 4 is 11.6 Å². The Balaban J connectivity index is 1.47. The van der Waals surface area contributed by atoms with Crippen LogP contribution < -0.4 is 4.90 Å². The Morgan fingerprint density at radius 3 is 2.33 bits per heavy atom. The molecule has 2 fully saturated rings. The van der Waals surface area contributed by atoms with Crippen LogP contribution in [0.25, 0.3) is 0 Å². The van der Waals surface area contributed by atoms with E-state index in [0.717, 1.165) is 50.3 Å². The van der Waals surface area contributed by atoms with Crippen molar-refractivity contribution in [1.82, 2.24) is 9.80 Å². The number of ether oxygens (including phenoxy) is 1. The van der Waals surface area contributed by atoms with E-state index in [1.807, 2.05) is 42.2 Å². The van der Waals surface area contributed by atoms with E-state index in [-0.39, 0.29) is 11.4 Å². The van der Waals surface area contributed by atoms with Crippen LogP contribution >= 0.6 is 0 Å². The first kappa shape index (κ1) is 23.8. The second-order valence-electron chi connectivity index (χ2n) is 9.02. The summed E-state index contributed by atoms with van der Waals surface area (Å²) < 4.78 is 32.6. The van der Waals surface area contributed by atoms with Gasteiger partial charge in [-0.2, -0.15) is 0 Å². The molecule has 5 nitrogen and oxygen atoms in total. The van der Waals surface area contributed by atoms with Crippen LogP contribution in [-0.2, 0) is 16.1 Å². The number of benzene rings is 2. The molecule has 0 atom stereocenters. The zero-order valence-corrected chi connectivity index (χ0v) is 19.3. The summed E-state index contributed by atoms with van der Waals surface area (Å²) in [5, 5.41) is 0. The molecule has 2 aromatic rings. The quantitative estimate of drug-likeness (QED) is 0.628. The van der Waals surface area contributed by atoms with Crippen molar-refractivity contribution in [3.8, 4) is 0 Å². The summed E-state index contributed by atoms with van der Waals surface area (Å²) in [6, 6.07) is 14.0. The van der Waals surface area contributed by atoms with Crippen molar-refractivity contribution in [1.29, 1.82) is 0 Å². The minimum Gasteiger partial charge on any atom is -0.381 e. The number of anilines is 1. The van der Waals surface area contributed by atoms with Crippen LogP contribution in [0.4, 0.5) is 14.5 Å². The van der Waals surface area contributed by atoms with Gasteiger partial charge in [0, 0.05) is 70.1 Å². The lowest BCUT2D eigenvalue weighted by Crippen LogP contribution is -2.63. The summed E-state index contributed by atoms with van der Waals surface area (Å²) in [6.07, 6.45) is 2.23. The van der Waals surface area contributed by atoms with Gasteiger partial charge in [0.2, 0.25) is 5.91 Å². The Kier molecular flexibility index (Phi) is 7.73. The highest BCUT2D eigenvalue weighted by atomic mass is 19.2. The summed E-state index contributed by atoms with van der Waals surface area (Å²) >= 11 is 0. The minimum absolute atomic E-state index is 0.129. The van der Waals surface area contributed by atoms with Crippen molar-refractivity contribution in [2.75, 3.05) is 50.8 Å². The summed E-state index contributed by atoms with van der Waals surface area (Å²) in [5.41, 5.74) is 1.59. The maximum absolute atomic E-state index is 13.6. The molecule has 0 radical (unpaired) electrons. The van der Waals surface area contributed by atoms with Crippen LogP contribution in [0.15, 0.2) is 48.5 Å². The largest absolute Gasteiger partial charge is 0.381 e. The molecule has 2 heterocycles. The first-order valence-corrected chi connectivity index (χ1v) is 11.9. The number of piperazine rings is 1. The van der Waals surface area contributed by atoms with E-state index in [1.54, 1.807) is 6.07 Å². The Labute approximate surface area is 194 Å². The van der Waals surface area contributed by atoms with Gasteiger partial charge < -0.3 is 9.64 Å². The number of hydrogen-bond acceptors (Lipinski definition) is 4. The normalized spacial score (nSPS) is 19.4. The van der Waals surface area contributed by atoms with E-state index in [0.29, 0.717) is 32.7 Å². The molecular weight excluding hydrogens is 424 g/mol. The van der Waals surface area contributed by atoms with Crippen molar-refractivity contribution < 1.29 is 18.3 Å². The Bertz CT molecular complexity index is 926. The van der Waals surface area contributed by atoms with E-state index in [2.05, 4.69) is 9.80 Å². The van der Waals surface area contributed by atoms with Gasteiger partial charge in [-0.15, -0.1) is 0 Å². The van der Waals surface area contributed by atoms with E-state index in [1.165, 1.54) is 12.1 Å². The van der Waals surface area contributed by atoms with Crippen molar-refractivity contribution in [3.05, 3.63) is 65.7 Å². The van der Waals surface area contributed by atoms with Crippen molar-refractivity contribution in [3.63, 3.8) is 0 Å². The van der Waals surface area contributed by atoms with Gasteiger partial charge in [-0.1, -0.05) is 31.2 Å². The highest BCUT2D eigenvalue weighted by Gasteiger charge is 2.42. The Morgan fingerprint density at radius 1 is 1.00 bits per heavy atom. The molecule has 2 aliphatic rings. The number of amides is 1. The Morgan fingerprint density at radius 2 is 1.70 bits per heavy atom. The maximum atomic E-state index is 13.6. The molecule has 0 aliphatic carbocycles. The smallest absolute Gasteiger partial charge is 0.226 e. The van der Waals surface area contributed by atoms with Gasteiger partial charge in [-0.3, -0.25) is 14.6 Å². The lowest BCUT2D eigenvalue weighted by Gasteiger charge is -2.51. The van der Waals surface area contributed by atoms with Crippen LogP contribution in [0.5, 0.6) is 0 Å². The second-order valence-corrected chi connectivity index (χ2v) is 9.02. The predicted molar refractivity (Wildman–Crippen MR) is 125 cm³/mol. The molecule has 178 valence electrons. The molecule has 0 unspecified atom stereocenters. The lowest BCUT2D eigenvalue weighted by atomic mass is 9.86. The van der Waals surface area contributed by atoms with E-state index in [4.69, 9.17) is 4.74 Å². The van der Waals surface area contributed by atoms with Crippen LogP contribution in [0.1, 0.15) is 31.7 Å². The zero-order valence-electron chi connectivity index (χ0n) is 19.3. The molecule has 2 aliphatic heterocycles. The van der Waals surface area contributed by atoms with Crippen LogP contribution in [0.3, 0.4) is 0 Å². The van der Waals surface area contributed by atoms with E-state index >= 15 is 0 Å². The van der Waals surface area contributed by atoms with E-state index < -0.39 is 11.6 Å². The van der Waals surface area contributed by atoms with Gasteiger partial charge in [0.1, 0.15) is 0 Å². The molecule has 33 heavy (non-hydrogen) atoms. The van der Waals surface area contributed by atoms with Crippen molar-refractivity contribution in [2.24, 2.45) is 0 Å². The summed E-state index contributed by atoms with van der Waals surface area (Å²) in [4.78, 5) is 19.7. The molecule has 2 aromatic carbocycles. The number of carbonyl (C=O) groups is 1. The topological polar surface area (TPSA) is 36.0 Å². The van der Waals surface area contributed by atoms with Gasteiger partial charge in [-0.25, -0.2) is 8.78 Å². The fraction of sp³-hybridized carbons (Fsp3) is 0.500. The summed E-state index contributed by atoms with van der Waals surface area (Å²) in [6.45, 7) is 7.96. The fourth-order valence-electron chi connectivity index (χ4n) is 5.02. The predicted octanol–water partition coefficient (Wildman–Crippen LogP) is 4.07. The molecule has 0 bridgehead atoms. The average molecular weight is 458 g/mol. The van der Waals surface area contributed by atoms with Gasteiger partial charge in [0.05, 0.1) is 0 Å². The van der Waals surface area contributed by atoms with Crippen LogP contribution in [-0.4, -0.2) is 67.2 Å². The highest BCUT2D eigenvalue weighted by molar-refractivity contribution is 5.93. The number of rotatable bonds is 7. The third-order valence-corrected chi connectivity index (χ3v) is 6.98. The maximum Gasteiger partial charge on any atom is 0.226 e. The molecule has 7 heteroatoms. The highest BCUT2D eigenvalue weighted by Crippen LogP contribution is 2.32.